The lowest BCUT2D eigenvalue weighted by molar-refractivity contribution is -0.133. The van der Waals surface area contributed by atoms with Gasteiger partial charge in [0.1, 0.15) is 5.01 Å². The van der Waals surface area contributed by atoms with Gasteiger partial charge in [-0.1, -0.05) is 19.1 Å². The maximum absolute atomic E-state index is 12.5. The first-order chi connectivity index (χ1) is 9.74. The first kappa shape index (κ1) is 12.3. The molecule has 0 radical (unpaired) electrons. The Hall–Kier alpha value is -1.42. The molecule has 2 fully saturated rings. The predicted octanol–water partition coefficient (Wildman–Crippen LogP) is 3.62. The Labute approximate surface area is 122 Å². The number of amides is 1. The van der Waals surface area contributed by atoms with Gasteiger partial charge in [-0.2, -0.15) is 0 Å². The van der Waals surface area contributed by atoms with Crippen molar-refractivity contribution in [3.63, 3.8) is 0 Å². The molecular formula is C16H18N2OS. The number of nitrogens with zero attached hydrogens (tertiary/aromatic N) is 2. The van der Waals surface area contributed by atoms with Crippen molar-refractivity contribution in [3.05, 3.63) is 29.3 Å². The standard InChI is InChI=1S/C16H18N2OS/c1-10-9-11(10)16(19)18-8-4-6-13(18)15-17-12-5-2-3-7-14(12)20-15/h2-3,5,7,10-11,13H,4,6,8-9H2,1H3. The molecule has 3 unspecified atom stereocenters. The molecule has 3 atom stereocenters. The van der Waals surface area contributed by atoms with Crippen LogP contribution in [0.4, 0.5) is 0 Å². The molecule has 1 aliphatic carbocycles. The number of likely N-dealkylation sites (tertiary alicyclic amines) is 1. The maximum Gasteiger partial charge on any atom is 0.226 e. The summed E-state index contributed by atoms with van der Waals surface area (Å²) in [5, 5.41) is 1.12. The van der Waals surface area contributed by atoms with Crippen LogP contribution in [-0.2, 0) is 4.79 Å². The molecule has 3 nitrogen and oxygen atoms in total. The average Bonchev–Trinajstić information content (AvgIpc) is 2.92. The lowest BCUT2D eigenvalue weighted by Gasteiger charge is -2.23. The summed E-state index contributed by atoms with van der Waals surface area (Å²) in [7, 11) is 0. The highest BCUT2D eigenvalue weighted by molar-refractivity contribution is 7.18. The second kappa shape index (κ2) is 4.55. The summed E-state index contributed by atoms with van der Waals surface area (Å²) in [6, 6.07) is 8.45. The summed E-state index contributed by atoms with van der Waals surface area (Å²) < 4.78 is 1.22. The van der Waals surface area contributed by atoms with Gasteiger partial charge in [-0.25, -0.2) is 4.98 Å². The van der Waals surface area contributed by atoms with E-state index in [1.165, 1.54) is 4.70 Å². The number of rotatable bonds is 2. The lowest BCUT2D eigenvalue weighted by Crippen LogP contribution is -2.32. The number of thiazole rings is 1. The van der Waals surface area contributed by atoms with Crippen molar-refractivity contribution in [3.8, 4) is 0 Å². The van der Waals surface area contributed by atoms with Gasteiger partial charge in [0.2, 0.25) is 5.91 Å². The first-order valence-electron chi connectivity index (χ1n) is 7.40. The SMILES string of the molecule is CC1CC1C(=O)N1CCCC1c1nc2ccccc2s1. The normalized spacial score (nSPS) is 29.1. The zero-order valence-electron chi connectivity index (χ0n) is 11.6. The maximum atomic E-state index is 12.5. The Bertz CT molecular complexity index is 632. The highest BCUT2D eigenvalue weighted by Crippen LogP contribution is 2.44. The number of hydrogen-bond donors (Lipinski definition) is 0. The van der Waals surface area contributed by atoms with Gasteiger partial charge in [0.15, 0.2) is 0 Å². The van der Waals surface area contributed by atoms with E-state index in [4.69, 9.17) is 4.98 Å². The van der Waals surface area contributed by atoms with E-state index in [9.17, 15) is 4.79 Å². The molecule has 2 aliphatic rings. The molecule has 0 bridgehead atoms. The third-order valence-corrected chi connectivity index (χ3v) is 5.70. The molecule has 1 aromatic carbocycles. The molecule has 1 aromatic heterocycles. The van der Waals surface area contributed by atoms with Crippen LogP contribution in [0.15, 0.2) is 24.3 Å². The van der Waals surface area contributed by atoms with E-state index in [2.05, 4.69) is 24.0 Å². The second-order valence-electron chi connectivity index (χ2n) is 6.03. The van der Waals surface area contributed by atoms with Gasteiger partial charge < -0.3 is 4.90 Å². The van der Waals surface area contributed by atoms with Gasteiger partial charge in [-0.15, -0.1) is 11.3 Å². The van der Waals surface area contributed by atoms with Crippen molar-refractivity contribution in [1.29, 1.82) is 0 Å². The van der Waals surface area contributed by atoms with Crippen molar-refractivity contribution in [2.75, 3.05) is 6.54 Å². The fraction of sp³-hybridized carbons (Fsp3) is 0.500. The van der Waals surface area contributed by atoms with Crippen molar-refractivity contribution < 1.29 is 4.79 Å². The molecule has 104 valence electrons. The minimum atomic E-state index is 0.215. The predicted molar refractivity (Wildman–Crippen MR) is 80.6 cm³/mol. The van der Waals surface area contributed by atoms with Gasteiger partial charge in [-0.3, -0.25) is 4.79 Å². The molecule has 4 heteroatoms. The molecule has 1 saturated heterocycles. The highest BCUT2D eigenvalue weighted by atomic mass is 32.1. The zero-order chi connectivity index (χ0) is 13.7. The van der Waals surface area contributed by atoms with Crippen molar-refractivity contribution >= 4 is 27.5 Å². The van der Waals surface area contributed by atoms with Crippen LogP contribution in [0.2, 0.25) is 0 Å². The van der Waals surface area contributed by atoms with E-state index in [0.29, 0.717) is 11.8 Å². The van der Waals surface area contributed by atoms with Crippen molar-refractivity contribution in [2.24, 2.45) is 11.8 Å². The van der Waals surface area contributed by atoms with Gasteiger partial charge >= 0.3 is 0 Å². The number of carbonyl (C=O) groups is 1. The summed E-state index contributed by atoms with van der Waals surface area (Å²) >= 11 is 1.74. The van der Waals surface area contributed by atoms with Crippen LogP contribution in [0.5, 0.6) is 0 Å². The van der Waals surface area contributed by atoms with E-state index in [-0.39, 0.29) is 12.0 Å². The third kappa shape index (κ3) is 1.94. The fourth-order valence-electron chi connectivity index (χ4n) is 3.20. The van der Waals surface area contributed by atoms with Crippen molar-refractivity contribution in [1.82, 2.24) is 9.88 Å². The Morgan fingerprint density at radius 3 is 2.95 bits per heavy atom. The number of benzene rings is 1. The van der Waals surface area contributed by atoms with Crippen LogP contribution >= 0.6 is 11.3 Å². The first-order valence-corrected chi connectivity index (χ1v) is 8.21. The largest absolute Gasteiger partial charge is 0.333 e. The summed E-state index contributed by atoms with van der Waals surface area (Å²) in [5.74, 6) is 1.23. The highest BCUT2D eigenvalue weighted by Gasteiger charge is 2.44. The Balaban J connectivity index is 1.64. The van der Waals surface area contributed by atoms with E-state index in [1.54, 1.807) is 11.3 Å². The van der Waals surface area contributed by atoms with E-state index in [1.807, 2.05) is 12.1 Å². The molecule has 0 spiro atoms. The third-order valence-electron chi connectivity index (χ3n) is 4.56. The van der Waals surface area contributed by atoms with Crippen molar-refractivity contribution in [2.45, 2.75) is 32.2 Å². The Morgan fingerprint density at radius 1 is 1.40 bits per heavy atom. The number of aromatic nitrogens is 1. The minimum absolute atomic E-state index is 0.215. The lowest BCUT2D eigenvalue weighted by atomic mass is 10.2. The molecule has 1 aliphatic heterocycles. The van der Waals surface area contributed by atoms with Gasteiger partial charge in [-0.05, 0) is 37.3 Å². The molecule has 1 amide bonds. The fourth-order valence-corrected chi connectivity index (χ4v) is 4.31. The Kier molecular flexibility index (Phi) is 2.81. The number of para-hydroxylation sites is 1. The van der Waals surface area contributed by atoms with Gasteiger partial charge in [0, 0.05) is 12.5 Å². The summed E-state index contributed by atoms with van der Waals surface area (Å²) in [5.41, 5.74) is 1.06. The molecule has 2 heterocycles. The quantitative estimate of drug-likeness (QED) is 0.845. The van der Waals surface area contributed by atoms with Gasteiger partial charge in [0.05, 0.1) is 16.3 Å². The van der Waals surface area contributed by atoms with Gasteiger partial charge in [0.25, 0.3) is 0 Å². The zero-order valence-corrected chi connectivity index (χ0v) is 12.4. The Morgan fingerprint density at radius 2 is 2.20 bits per heavy atom. The van der Waals surface area contributed by atoms with Crippen LogP contribution in [0.3, 0.4) is 0 Å². The van der Waals surface area contributed by atoms with Crippen LogP contribution in [0.25, 0.3) is 10.2 Å². The number of carbonyl (C=O) groups excluding carboxylic acids is 1. The molecule has 2 aromatic rings. The average molecular weight is 286 g/mol. The number of hydrogen-bond acceptors (Lipinski definition) is 3. The van der Waals surface area contributed by atoms with Crippen LogP contribution in [-0.4, -0.2) is 22.3 Å². The molecule has 0 N–H and O–H groups in total. The monoisotopic (exact) mass is 286 g/mol. The number of fused-ring (bicyclic) bond motifs is 1. The summed E-state index contributed by atoms with van der Waals surface area (Å²) in [4.78, 5) is 19.4. The minimum Gasteiger partial charge on any atom is -0.333 e. The molecular weight excluding hydrogens is 268 g/mol. The second-order valence-corrected chi connectivity index (χ2v) is 7.09. The van der Waals surface area contributed by atoms with E-state index in [0.717, 1.165) is 36.3 Å². The molecule has 20 heavy (non-hydrogen) atoms. The van der Waals surface area contributed by atoms with Crippen LogP contribution in [0.1, 0.15) is 37.2 Å². The smallest absolute Gasteiger partial charge is 0.226 e. The summed E-state index contributed by atoms with van der Waals surface area (Å²) in [6.07, 6.45) is 3.24. The summed E-state index contributed by atoms with van der Waals surface area (Å²) in [6.45, 7) is 3.08. The molecule has 1 saturated carbocycles. The van der Waals surface area contributed by atoms with Crippen LogP contribution in [0, 0.1) is 11.8 Å². The van der Waals surface area contributed by atoms with E-state index >= 15 is 0 Å². The van der Waals surface area contributed by atoms with Crippen LogP contribution < -0.4 is 0 Å². The van der Waals surface area contributed by atoms with E-state index < -0.39 is 0 Å². The topological polar surface area (TPSA) is 33.2 Å². The molecule has 4 rings (SSSR count).